The molecule has 1 fully saturated rings. The maximum Gasteiger partial charge on any atom is 0.243 e. The summed E-state index contributed by atoms with van der Waals surface area (Å²) in [6.07, 6.45) is 0. The predicted octanol–water partition coefficient (Wildman–Crippen LogP) is 2.16. The van der Waals surface area contributed by atoms with Crippen molar-refractivity contribution >= 4 is 38.4 Å². The number of hydrogen-bond donors (Lipinski definition) is 1. The number of benzene rings is 1. The molecule has 0 radical (unpaired) electrons. The number of piperazine rings is 1. The van der Waals surface area contributed by atoms with Crippen LogP contribution in [0.3, 0.4) is 0 Å². The third-order valence-corrected chi connectivity index (χ3v) is 6.08. The Kier molecular flexibility index (Phi) is 5.82. The molecule has 1 saturated heterocycles. The first-order chi connectivity index (χ1) is 8.43. The van der Waals surface area contributed by atoms with Gasteiger partial charge in [0.05, 0.1) is 4.90 Å². The summed E-state index contributed by atoms with van der Waals surface area (Å²) in [6, 6.07) is 5.15. The molecule has 1 N–H and O–H groups in total. The molecule has 1 aromatic carbocycles. The summed E-state index contributed by atoms with van der Waals surface area (Å²) >= 11 is 3.39. The minimum Gasteiger partial charge on any atom is -0.314 e. The smallest absolute Gasteiger partial charge is 0.243 e. The molecule has 0 bridgehead atoms. The van der Waals surface area contributed by atoms with Crippen molar-refractivity contribution in [3.8, 4) is 0 Å². The topological polar surface area (TPSA) is 49.4 Å². The van der Waals surface area contributed by atoms with Crippen LogP contribution in [-0.4, -0.2) is 38.4 Å². The molecule has 108 valence electrons. The molecule has 1 aliphatic heterocycles. The first kappa shape index (κ1) is 16.9. The van der Waals surface area contributed by atoms with Crippen LogP contribution in [0, 0.1) is 6.92 Å². The van der Waals surface area contributed by atoms with Crippen LogP contribution in [0.2, 0.25) is 0 Å². The summed E-state index contributed by atoms with van der Waals surface area (Å²) in [7, 11) is -3.38. The summed E-state index contributed by atoms with van der Waals surface area (Å²) in [4.78, 5) is 0.372. The van der Waals surface area contributed by atoms with Crippen molar-refractivity contribution in [3.05, 3.63) is 28.2 Å². The fourth-order valence-corrected chi connectivity index (χ4v) is 4.06. The molecule has 0 saturated carbocycles. The van der Waals surface area contributed by atoms with E-state index in [0.29, 0.717) is 24.5 Å². The van der Waals surface area contributed by atoms with Gasteiger partial charge >= 0.3 is 0 Å². The van der Waals surface area contributed by atoms with Gasteiger partial charge in [-0.15, -0.1) is 12.4 Å². The van der Waals surface area contributed by atoms with Crippen LogP contribution in [-0.2, 0) is 10.0 Å². The Bertz CT molecular complexity index is 551. The van der Waals surface area contributed by atoms with Gasteiger partial charge in [-0.05, 0) is 37.6 Å². The molecule has 1 unspecified atom stereocenters. The summed E-state index contributed by atoms with van der Waals surface area (Å²) in [6.45, 7) is 5.76. The molecule has 1 aliphatic rings. The summed E-state index contributed by atoms with van der Waals surface area (Å²) in [5.41, 5.74) is 0.930. The van der Waals surface area contributed by atoms with E-state index in [0.717, 1.165) is 10.0 Å². The van der Waals surface area contributed by atoms with Gasteiger partial charge in [-0.2, -0.15) is 4.31 Å². The predicted molar refractivity (Wildman–Crippen MR) is 82.4 cm³/mol. The van der Waals surface area contributed by atoms with Crippen molar-refractivity contribution in [2.24, 2.45) is 0 Å². The van der Waals surface area contributed by atoms with Crippen LogP contribution < -0.4 is 5.32 Å². The van der Waals surface area contributed by atoms with E-state index in [1.54, 1.807) is 22.5 Å². The molecule has 19 heavy (non-hydrogen) atoms. The lowest BCUT2D eigenvalue weighted by molar-refractivity contribution is 0.284. The first-order valence-corrected chi connectivity index (χ1v) is 8.15. The Morgan fingerprint density at radius 1 is 1.42 bits per heavy atom. The molecular weight excluding hydrogens is 352 g/mol. The van der Waals surface area contributed by atoms with Crippen molar-refractivity contribution in [2.45, 2.75) is 24.8 Å². The number of halogens is 2. The maximum atomic E-state index is 12.5. The Hall–Kier alpha value is -0.140. The number of aryl methyl sites for hydroxylation is 1. The van der Waals surface area contributed by atoms with E-state index in [1.165, 1.54) is 0 Å². The van der Waals surface area contributed by atoms with Crippen LogP contribution in [0.1, 0.15) is 12.5 Å². The van der Waals surface area contributed by atoms with Gasteiger partial charge in [0.25, 0.3) is 0 Å². The van der Waals surface area contributed by atoms with E-state index in [-0.39, 0.29) is 18.4 Å². The molecule has 0 spiro atoms. The van der Waals surface area contributed by atoms with E-state index in [2.05, 4.69) is 21.2 Å². The highest BCUT2D eigenvalue weighted by molar-refractivity contribution is 9.10. The number of nitrogens with one attached hydrogen (secondary N) is 1. The number of sulfonamides is 1. The average molecular weight is 370 g/mol. The summed E-state index contributed by atoms with van der Waals surface area (Å²) in [5, 5.41) is 3.19. The standard InChI is InChI=1S/C12H17BrN2O2S.ClH/c1-9-7-11(3-4-12(9)13)18(16,17)15-6-5-14-8-10(15)2;/h3-4,7,10,14H,5-6,8H2,1-2H3;1H. The second kappa shape index (κ2) is 6.54. The molecule has 1 atom stereocenters. The van der Waals surface area contributed by atoms with Crippen LogP contribution in [0.4, 0.5) is 0 Å². The van der Waals surface area contributed by atoms with Gasteiger partial charge in [0.1, 0.15) is 0 Å². The summed E-state index contributed by atoms with van der Waals surface area (Å²) in [5.74, 6) is 0. The fraction of sp³-hybridized carbons (Fsp3) is 0.500. The Morgan fingerprint density at radius 2 is 2.11 bits per heavy atom. The Morgan fingerprint density at radius 3 is 2.68 bits per heavy atom. The van der Waals surface area contributed by atoms with Crippen molar-refractivity contribution in [3.63, 3.8) is 0 Å². The average Bonchev–Trinajstić information content (AvgIpc) is 2.33. The van der Waals surface area contributed by atoms with E-state index < -0.39 is 10.0 Å². The molecule has 7 heteroatoms. The SMILES string of the molecule is Cc1cc(S(=O)(=O)N2CCNCC2C)ccc1Br.Cl. The molecule has 0 aromatic heterocycles. The largest absolute Gasteiger partial charge is 0.314 e. The minimum absolute atomic E-state index is 0. The number of nitrogens with zero attached hydrogens (tertiary/aromatic N) is 1. The fourth-order valence-electron chi connectivity index (χ4n) is 2.09. The van der Waals surface area contributed by atoms with Crippen molar-refractivity contribution < 1.29 is 8.42 Å². The second-order valence-corrected chi connectivity index (χ2v) is 7.32. The van der Waals surface area contributed by atoms with Crippen LogP contribution in [0.15, 0.2) is 27.6 Å². The molecule has 1 aromatic rings. The summed E-state index contributed by atoms with van der Waals surface area (Å²) < 4.78 is 27.6. The first-order valence-electron chi connectivity index (χ1n) is 5.91. The normalized spacial score (nSPS) is 20.9. The van der Waals surface area contributed by atoms with Gasteiger partial charge in [-0.25, -0.2) is 8.42 Å². The zero-order valence-electron chi connectivity index (χ0n) is 10.9. The van der Waals surface area contributed by atoms with Gasteiger partial charge in [0.2, 0.25) is 10.0 Å². The van der Waals surface area contributed by atoms with Crippen molar-refractivity contribution in [2.75, 3.05) is 19.6 Å². The van der Waals surface area contributed by atoms with E-state index >= 15 is 0 Å². The molecule has 4 nitrogen and oxygen atoms in total. The zero-order valence-corrected chi connectivity index (χ0v) is 14.1. The van der Waals surface area contributed by atoms with Gasteiger partial charge in [-0.3, -0.25) is 0 Å². The van der Waals surface area contributed by atoms with Crippen molar-refractivity contribution in [1.29, 1.82) is 0 Å². The molecular formula is C12H18BrClN2O2S. The maximum absolute atomic E-state index is 12.5. The van der Waals surface area contributed by atoms with Crippen LogP contribution >= 0.6 is 28.3 Å². The number of hydrogen-bond acceptors (Lipinski definition) is 3. The number of rotatable bonds is 2. The lowest BCUT2D eigenvalue weighted by Gasteiger charge is -2.32. The zero-order chi connectivity index (χ0) is 13.3. The molecule has 0 aliphatic carbocycles. The van der Waals surface area contributed by atoms with E-state index in [4.69, 9.17) is 0 Å². The Labute approximate surface area is 129 Å². The van der Waals surface area contributed by atoms with Gasteiger partial charge < -0.3 is 5.32 Å². The van der Waals surface area contributed by atoms with Crippen molar-refractivity contribution in [1.82, 2.24) is 9.62 Å². The quantitative estimate of drug-likeness (QED) is 0.869. The molecule has 1 heterocycles. The highest BCUT2D eigenvalue weighted by Crippen LogP contribution is 2.24. The lowest BCUT2D eigenvalue weighted by atomic mass is 10.2. The second-order valence-electron chi connectivity index (χ2n) is 4.58. The van der Waals surface area contributed by atoms with Crippen LogP contribution in [0.5, 0.6) is 0 Å². The van der Waals surface area contributed by atoms with Gasteiger partial charge in [-0.1, -0.05) is 15.9 Å². The van der Waals surface area contributed by atoms with E-state index in [9.17, 15) is 8.42 Å². The van der Waals surface area contributed by atoms with Gasteiger partial charge in [0, 0.05) is 30.1 Å². The molecule has 2 rings (SSSR count). The monoisotopic (exact) mass is 368 g/mol. The molecule has 0 amide bonds. The minimum atomic E-state index is -3.38. The third-order valence-electron chi connectivity index (χ3n) is 3.18. The highest BCUT2D eigenvalue weighted by Gasteiger charge is 2.30. The third kappa shape index (κ3) is 3.49. The van der Waals surface area contributed by atoms with E-state index in [1.807, 2.05) is 13.8 Å². The lowest BCUT2D eigenvalue weighted by Crippen LogP contribution is -2.52. The Balaban J connectivity index is 0.00000180. The van der Waals surface area contributed by atoms with Gasteiger partial charge in [0.15, 0.2) is 0 Å². The highest BCUT2D eigenvalue weighted by atomic mass is 79.9. The van der Waals surface area contributed by atoms with Crippen LogP contribution in [0.25, 0.3) is 0 Å².